The Morgan fingerprint density at radius 2 is 1.91 bits per heavy atom. The fraction of sp³-hybridized carbons (Fsp3) is 0. The highest BCUT2D eigenvalue weighted by molar-refractivity contribution is 6.30. The van der Waals surface area contributed by atoms with Crippen molar-refractivity contribution in [3.8, 4) is 5.75 Å². The number of allylic oxidation sites excluding steroid dienone is 1. The van der Waals surface area contributed by atoms with E-state index in [4.69, 9.17) is 11.6 Å². The highest BCUT2D eigenvalue weighted by Crippen LogP contribution is 2.25. The van der Waals surface area contributed by atoms with Crippen LogP contribution in [0.5, 0.6) is 5.75 Å². The number of hydrogen-bond donors (Lipinski definition) is 2. The molecule has 4 nitrogen and oxygen atoms in total. The molecule has 5 heteroatoms. The lowest BCUT2D eigenvalue weighted by atomic mass is 10.1. The van der Waals surface area contributed by atoms with Crippen LogP contribution in [0, 0.1) is 0 Å². The molecular weight excluding hydrogens is 314 g/mol. The molecule has 0 atom stereocenters. The third kappa shape index (κ3) is 3.03. The molecule has 2 N–H and O–H groups in total. The second-order valence-electron chi connectivity index (χ2n) is 4.98. The summed E-state index contributed by atoms with van der Waals surface area (Å²) in [4.78, 5) is 27.0. The van der Waals surface area contributed by atoms with Gasteiger partial charge in [-0.15, -0.1) is 0 Å². The third-order valence-corrected chi connectivity index (χ3v) is 3.65. The molecular formula is C18H12ClNO3. The van der Waals surface area contributed by atoms with E-state index >= 15 is 0 Å². The Labute approximate surface area is 136 Å². The topological polar surface area (TPSA) is 70.2 Å². The largest absolute Gasteiger partial charge is 0.506 e. The van der Waals surface area contributed by atoms with Gasteiger partial charge in [0.25, 0.3) is 5.56 Å². The number of H-pyrrole nitrogens is 1. The molecule has 1 aromatic heterocycles. The van der Waals surface area contributed by atoms with E-state index in [0.29, 0.717) is 15.9 Å². The predicted octanol–water partition coefficient (Wildman–Crippen LogP) is 3.78. The summed E-state index contributed by atoms with van der Waals surface area (Å²) in [6, 6.07) is 13.7. The first-order valence-corrected chi connectivity index (χ1v) is 7.26. The minimum atomic E-state index is -0.623. The van der Waals surface area contributed by atoms with Crippen LogP contribution in [0.2, 0.25) is 5.02 Å². The van der Waals surface area contributed by atoms with E-state index in [1.54, 1.807) is 54.6 Å². The molecule has 3 rings (SSSR count). The first kappa shape index (κ1) is 15.1. The predicted molar refractivity (Wildman–Crippen MR) is 91.1 cm³/mol. The highest BCUT2D eigenvalue weighted by atomic mass is 35.5. The van der Waals surface area contributed by atoms with Gasteiger partial charge in [0.05, 0.1) is 5.52 Å². The number of hydrogen-bond acceptors (Lipinski definition) is 3. The standard InChI is InChI=1S/C18H12ClNO3/c19-12-5-3-4-11(10-12)8-9-15(21)16-17(22)13-6-1-2-7-14(13)20-18(16)23/h1-10H,(H2,20,22,23)/b9-8+. The summed E-state index contributed by atoms with van der Waals surface area (Å²) >= 11 is 5.88. The van der Waals surface area contributed by atoms with E-state index in [0.717, 1.165) is 5.56 Å². The number of fused-ring (bicyclic) bond motifs is 1. The number of aromatic nitrogens is 1. The number of rotatable bonds is 3. The van der Waals surface area contributed by atoms with Crippen molar-refractivity contribution in [3.05, 3.63) is 81.1 Å². The second kappa shape index (κ2) is 6.10. The number of benzene rings is 2. The summed E-state index contributed by atoms with van der Waals surface area (Å²) in [5, 5.41) is 11.2. The zero-order valence-corrected chi connectivity index (χ0v) is 12.7. The Balaban J connectivity index is 2.03. The lowest BCUT2D eigenvalue weighted by Gasteiger charge is -2.04. The molecule has 1 heterocycles. The average molecular weight is 326 g/mol. The van der Waals surface area contributed by atoms with Crippen LogP contribution in [0.25, 0.3) is 17.0 Å². The quantitative estimate of drug-likeness (QED) is 0.568. The number of aromatic hydroxyl groups is 1. The molecule has 0 fully saturated rings. The van der Waals surface area contributed by atoms with Crippen LogP contribution < -0.4 is 5.56 Å². The van der Waals surface area contributed by atoms with Gasteiger partial charge in [-0.25, -0.2) is 0 Å². The maximum absolute atomic E-state index is 12.3. The summed E-state index contributed by atoms with van der Waals surface area (Å²) in [6.45, 7) is 0. The summed E-state index contributed by atoms with van der Waals surface area (Å²) in [6.07, 6.45) is 2.78. The Hall–Kier alpha value is -2.85. The van der Waals surface area contributed by atoms with Gasteiger partial charge in [0.15, 0.2) is 5.78 Å². The van der Waals surface area contributed by atoms with Gasteiger partial charge in [0, 0.05) is 10.4 Å². The van der Waals surface area contributed by atoms with E-state index in [9.17, 15) is 14.7 Å². The number of carbonyl (C=O) groups is 1. The fourth-order valence-corrected chi connectivity index (χ4v) is 2.52. The maximum Gasteiger partial charge on any atom is 0.263 e. The van der Waals surface area contributed by atoms with Gasteiger partial charge in [-0.2, -0.15) is 0 Å². The van der Waals surface area contributed by atoms with Crippen LogP contribution in [-0.4, -0.2) is 15.9 Å². The Morgan fingerprint density at radius 1 is 1.13 bits per heavy atom. The van der Waals surface area contributed by atoms with Crippen molar-refractivity contribution in [1.82, 2.24) is 4.98 Å². The van der Waals surface area contributed by atoms with E-state index in [-0.39, 0.29) is 11.3 Å². The van der Waals surface area contributed by atoms with Gasteiger partial charge < -0.3 is 10.1 Å². The van der Waals surface area contributed by atoms with E-state index in [1.807, 2.05) is 0 Å². The van der Waals surface area contributed by atoms with Gasteiger partial charge in [-0.3, -0.25) is 9.59 Å². The smallest absolute Gasteiger partial charge is 0.263 e. The summed E-state index contributed by atoms with van der Waals surface area (Å²) in [5.74, 6) is -0.889. The molecule has 3 aromatic rings. The SMILES string of the molecule is O=C(/C=C/c1cccc(Cl)c1)c1c(O)c2ccccc2[nH]c1=O. The molecule has 0 saturated heterocycles. The van der Waals surface area contributed by atoms with Crippen molar-refractivity contribution in [1.29, 1.82) is 0 Å². The van der Waals surface area contributed by atoms with Crippen molar-refractivity contribution < 1.29 is 9.90 Å². The molecule has 0 unspecified atom stereocenters. The Kier molecular flexibility index (Phi) is 4.00. The molecule has 0 saturated carbocycles. The Morgan fingerprint density at radius 3 is 2.70 bits per heavy atom. The average Bonchev–Trinajstić information content (AvgIpc) is 2.53. The zero-order chi connectivity index (χ0) is 16.4. The zero-order valence-electron chi connectivity index (χ0n) is 11.9. The molecule has 0 aliphatic heterocycles. The number of aromatic amines is 1. The van der Waals surface area contributed by atoms with E-state index in [2.05, 4.69) is 4.98 Å². The minimum absolute atomic E-state index is 0.276. The van der Waals surface area contributed by atoms with Crippen LogP contribution in [0.15, 0.2) is 59.4 Å². The molecule has 114 valence electrons. The molecule has 0 radical (unpaired) electrons. The summed E-state index contributed by atoms with van der Waals surface area (Å²) < 4.78 is 0. The lowest BCUT2D eigenvalue weighted by molar-refractivity contribution is 0.104. The van der Waals surface area contributed by atoms with E-state index in [1.165, 1.54) is 6.08 Å². The van der Waals surface area contributed by atoms with Crippen LogP contribution in [0.1, 0.15) is 15.9 Å². The van der Waals surface area contributed by atoms with Gasteiger partial charge in [0.2, 0.25) is 0 Å². The number of ketones is 1. The molecule has 2 aromatic carbocycles. The minimum Gasteiger partial charge on any atom is -0.506 e. The third-order valence-electron chi connectivity index (χ3n) is 3.42. The normalized spacial score (nSPS) is 11.2. The molecule has 23 heavy (non-hydrogen) atoms. The van der Waals surface area contributed by atoms with Gasteiger partial charge >= 0.3 is 0 Å². The highest BCUT2D eigenvalue weighted by Gasteiger charge is 2.16. The van der Waals surface area contributed by atoms with Crippen molar-refractivity contribution in [2.45, 2.75) is 0 Å². The van der Waals surface area contributed by atoms with Crippen LogP contribution >= 0.6 is 11.6 Å². The molecule has 0 bridgehead atoms. The summed E-state index contributed by atoms with van der Waals surface area (Å²) in [5.41, 5.74) is 0.303. The van der Waals surface area contributed by atoms with Gasteiger partial charge in [-0.05, 0) is 35.9 Å². The van der Waals surface area contributed by atoms with Crippen LogP contribution in [0.4, 0.5) is 0 Å². The van der Waals surface area contributed by atoms with Crippen molar-refractivity contribution in [2.24, 2.45) is 0 Å². The van der Waals surface area contributed by atoms with Crippen LogP contribution in [-0.2, 0) is 0 Å². The molecule has 0 aliphatic carbocycles. The fourth-order valence-electron chi connectivity index (χ4n) is 2.32. The van der Waals surface area contributed by atoms with Crippen molar-refractivity contribution >= 4 is 34.4 Å². The maximum atomic E-state index is 12.3. The first-order chi connectivity index (χ1) is 11.1. The number of nitrogens with one attached hydrogen (secondary N) is 1. The molecule has 0 spiro atoms. The van der Waals surface area contributed by atoms with Gasteiger partial charge in [0.1, 0.15) is 11.3 Å². The van der Waals surface area contributed by atoms with Crippen LogP contribution in [0.3, 0.4) is 0 Å². The number of pyridine rings is 1. The first-order valence-electron chi connectivity index (χ1n) is 6.88. The molecule has 0 aliphatic rings. The molecule has 0 amide bonds. The number of halogens is 1. The Bertz CT molecular complexity index is 989. The monoisotopic (exact) mass is 325 g/mol. The number of carbonyl (C=O) groups excluding carboxylic acids is 1. The lowest BCUT2D eigenvalue weighted by Crippen LogP contribution is -2.16. The number of para-hydroxylation sites is 1. The summed E-state index contributed by atoms with van der Waals surface area (Å²) in [7, 11) is 0. The van der Waals surface area contributed by atoms with Gasteiger partial charge in [-0.1, -0.05) is 41.9 Å². The van der Waals surface area contributed by atoms with E-state index < -0.39 is 11.3 Å². The van der Waals surface area contributed by atoms with Crippen molar-refractivity contribution in [3.63, 3.8) is 0 Å². The van der Waals surface area contributed by atoms with Crippen molar-refractivity contribution in [2.75, 3.05) is 0 Å². The second-order valence-corrected chi connectivity index (χ2v) is 5.41.